The molecule has 6 nitrogen and oxygen atoms in total. The third-order valence-electron chi connectivity index (χ3n) is 3.47. The van der Waals surface area contributed by atoms with E-state index in [1.807, 2.05) is 0 Å². The van der Waals surface area contributed by atoms with Gasteiger partial charge in [0.15, 0.2) is 5.82 Å². The maximum atomic E-state index is 11.7. The van der Waals surface area contributed by atoms with E-state index in [-0.39, 0.29) is 12.1 Å². The largest absolute Gasteiger partial charge is 0.462 e. The lowest BCUT2D eigenvalue weighted by Gasteiger charge is -2.31. The summed E-state index contributed by atoms with van der Waals surface area (Å²) in [5.74, 6) is 0.264. The van der Waals surface area contributed by atoms with Gasteiger partial charge in [-0.1, -0.05) is 6.92 Å². The van der Waals surface area contributed by atoms with E-state index in [1.54, 1.807) is 13.8 Å². The van der Waals surface area contributed by atoms with Gasteiger partial charge >= 0.3 is 5.97 Å². The van der Waals surface area contributed by atoms with E-state index in [4.69, 9.17) is 9.47 Å². The number of carbonyl (C=O) groups excluding carboxylic acids is 1. The van der Waals surface area contributed by atoms with E-state index < -0.39 is 0 Å². The van der Waals surface area contributed by atoms with Crippen LogP contribution in [0, 0.1) is 6.92 Å². The van der Waals surface area contributed by atoms with Crippen LogP contribution in [0.25, 0.3) is 0 Å². The van der Waals surface area contributed by atoms with Crippen LogP contribution in [0.2, 0.25) is 0 Å². The number of aromatic nitrogens is 2. The first-order valence-corrected chi connectivity index (χ1v) is 7.50. The molecule has 0 spiro atoms. The molecule has 2 heterocycles. The molecular weight excluding hydrogens is 270 g/mol. The van der Waals surface area contributed by atoms with Crippen LogP contribution < -0.4 is 0 Å². The predicted molar refractivity (Wildman–Crippen MR) is 78.1 cm³/mol. The van der Waals surface area contributed by atoms with Crippen LogP contribution in [0.3, 0.4) is 0 Å². The number of morpholine rings is 1. The molecule has 1 aromatic rings. The second-order valence-electron chi connectivity index (χ2n) is 5.11. The fraction of sp³-hybridized carbons (Fsp3) is 0.667. The second-order valence-corrected chi connectivity index (χ2v) is 5.11. The van der Waals surface area contributed by atoms with Gasteiger partial charge in [0.25, 0.3) is 0 Å². The Bertz CT molecular complexity index is 491. The number of hydrogen-bond donors (Lipinski definition) is 0. The van der Waals surface area contributed by atoms with E-state index in [0.29, 0.717) is 30.3 Å². The highest BCUT2D eigenvalue weighted by Crippen LogP contribution is 2.20. The molecule has 0 bridgehead atoms. The Morgan fingerprint density at radius 1 is 1.52 bits per heavy atom. The van der Waals surface area contributed by atoms with E-state index in [2.05, 4.69) is 21.8 Å². The second kappa shape index (κ2) is 7.47. The Morgan fingerprint density at radius 2 is 2.33 bits per heavy atom. The van der Waals surface area contributed by atoms with Gasteiger partial charge in [0.2, 0.25) is 0 Å². The molecule has 116 valence electrons. The SMILES string of the molecule is CCCN1CCOC(c2ncc(C(=O)OCC)c(C)n2)C1. The van der Waals surface area contributed by atoms with Gasteiger partial charge in [-0.3, -0.25) is 4.90 Å². The number of carbonyl (C=O) groups is 1. The fourth-order valence-corrected chi connectivity index (χ4v) is 2.43. The summed E-state index contributed by atoms with van der Waals surface area (Å²) in [6.07, 6.45) is 2.53. The van der Waals surface area contributed by atoms with Gasteiger partial charge in [0.05, 0.1) is 24.5 Å². The number of hydrogen-bond acceptors (Lipinski definition) is 6. The topological polar surface area (TPSA) is 64.5 Å². The van der Waals surface area contributed by atoms with Crippen LogP contribution in [-0.2, 0) is 9.47 Å². The minimum Gasteiger partial charge on any atom is -0.462 e. The standard InChI is InChI=1S/C15H23N3O3/c1-4-6-18-7-8-21-13(10-18)14-16-9-12(11(3)17-14)15(19)20-5-2/h9,13H,4-8,10H2,1-3H3. The third-order valence-corrected chi connectivity index (χ3v) is 3.47. The highest BCUT2D eigenvalue weighted by atomic mass is 16.5. The van der Waals surface area contributed by atoms with Gasteiger partial charge in [-0.05, 0) is 26.8 Å². The summed E-state index contributed by atoms with van der Waals surface area (Å²) in [4.78, 5) is 22.8. The van der Waals surface area contributed by atoms with Crippen molar-refractivity contribution in [2.45, 2.75) is 33.3 Å². The third kappa shape index (κ3) is 3.98. The molecule has 21 heavy (non-hydrogen) atoms. The highest BCUT2D eigenvalue weighted by molar-refractivity contribution is 5.90. The summed E-state index contributed by atoms with van der Waals surface area (Å²) in [7, 11) is 0. The lowest BCUT2D eigenvalue weighted by molar-refractivity contribution is -0.0343. The van der Waals surface area contributed by atoms with Crippen LogP contribution in [0.5, 0.6) is 0 Å². The Hall–Kier alpha value is -1.53. The van der Waals surface area contributed by atoms with Crippen molar-refractivity contribution >= 4 is 5.97 Å². The molecule has 2 rings (SSSR count). The van der Waals surface area contributed by atoms with Crippen LogP contribution >= 0.6 is 0 Å². The molecule has 1 unspecified atom stereocenters. The summed E-state index contributed by atoms with van der Waals surface area (Å²) >= 11 is 0. The van der Waals surface area contributed by atoms with Crippen molar-refractivity contribution in [3.63, 3.8) is 0 Å². The average molecular weight is 293 g/mol. The molecule has 1 atom stereocenters. The molecule has 1 saturated heterocycles. The monoisotopic (exact) mass is 293 g/mol. The smallest absolute Gasteiger partial charge is 0.341 e. The van der Waals surface area contributed by atoms with Crippen LogP contribution in [0.4, 0.5) is 0 Å². The zero-order valence-electron chi connectivity index (χ0n) is 13.0. The molecule has 1 aromatic heterocycles. The van der Waals surface area contributed by atoms with Gasteiger partial charge < -0.3 is 9.47 Å². The van der Waals surface area contributed by atoms with Crippen LogP contribution in [-0.4, -0.2) is 53.7 Å². The van der Waals surface area contributed by atoms with Crippen molar-refractivity contribution in [2.24, 2.45) is 0 Å². The molecule has 1 aliphatic rings. The van der Waals surface area contributed by atoms with Crippen molar-refractivity contribution in [1.29, 1.82) is 0 Å². The summed E-state index contributed by atoms with van der Waals surface area (Å²) in [5, 5.41) is 0. The number of esters is 1. The summed E-state index contributed by atoms with van der Waals surface area (Å²) in [5.41, 5.74) is 1.05. The molecule has 0 radical (unpaired) electrons. The Balaban J connectivity index is 2.10. The van der Waals surface area contributed by atoms with Gasteiger partial charge in [0.1, 0.15) is 6.10 Å². The van der Waals surface area contributed by atoms with Crippen molar-refractivity contribution in [3.8, 4) is 0 Å². The van der Waals surface area contributed by atoms with Crippen LogP contribution in [0.1, 0.15) is 48.2 Å². The molecule has 1 fully saturated rings. The van der Waals surface area contributed by atoms with E-state index in [1.165, 1.54) is 6.20 Å². The molecule has 0 aliphatic carbocycles. The number of nitrogens with zero attached hydrogens (tertiary/aromatic N) is 3. The van der Waals surface area contributed by atoms with Crippen molar-refractivity contribution < 1.29 is 14.3 Å². The van der Waals surface area contributed by atoms with Crippen molar-refractivity contribution in [1.82, 2.24) is 14.9 Å². The highest BCUT2D eigenvalue weighted by Gasteiger charge is 2.24. The molecule has 0 aromatic carbocycles. The minimum atomic E-state index is -0.376. The van der Waals surface area contributed by atoms with Gasteiger partial charge in [-0.25, -0.2) is 14.8 Å². The number of ether oxygens (including phenoxy) is 2. The fourth-order valence-electron chi connectivity index (χ4n) is 2.43. The van der Waals surface area contributed by atoms with Gasteiger partial charge in [-0.2, -0.15) is 0 Å². The van der Waals surface area contributed by atoms with Crippen molar-refractivity contribution in [3.05, 3.63) is 23.3 Å². The molecule has 6 heteroatoms. The minimum absolute atomic E-state index is 0.125. The zero-order valence-corrected chi connectivity index (χ0v) is 13.0. The average Bonchev–Trinajstić information content (AvgIpc) is 2.48. The number of aryl methyl sites for hydroxylation is 1. The quantitative estimate of drug-likeness (QED) is 0.771. The predicted octanol–water partition coefficient (Wildman–Crippen LogP) is 1.75. The lowest BCUT2D eigenvalue weighted by Crippen LogP contribution is -2.39. The molecule has 0 N–H and O–H groups in total. The lowest BCUT2D eigenvalue weighted by atomic mass is 10.2. The molecule has 0 amide bonds. The van der Waals surface area contributed by atoms with Crippen LogP contribution in [0.15, 0.2) is 6.20 Å². The Kier molecular flexibility index (Phi) is 5.64. The molecular formula is C15H23N3O3. The summed E-state index contributed by atoms with van der Waals surface area (Å²) < 4.78 is 10.7. The van der Waals surface area contributed by atoms with Crippen molar-refractivity contribution in [2.75, 3.05) is 32.8 Å². The van der Waals surface area contributed by atoms with E-state index >= 15 is 0 Å². The molecule has 1 aliphatic heterocycles. The Morgan fingerprint density at radius 3 is 3.00 bits per heavy atom. The summed E-state index contributed by atoms with van der Waals surface area (Å²) in [6.45, 7) is 9.57. The van der Waals surface area contributed by atoms with Gasteiger partial charge in [-0.15, -0.1) is 0 Å². The first-order chi connectivity index (χ1) is 10.2. The van der Waals surface area contributed by atoms with E-state index in [9.17, 15) is 4.79 Å². The number of rotatable bonds is 5. The van der Waals surface area contributed by atoms with Gasteiger partial charge in [0, 0.05) is 19.3 Å². The van der Waals surface area contributed by atoms with E-state index in [0.717, 1.165) is 26.1 Å². The first-order valence-electron chi connectivity index (χ1n) is 7.50. The Labute approximate surface area is 125 Å². The normalized spacial score (nSPS) is 19.5. The maximum Gasteiger partial charge on any atom is 0.341 e. The molecule has 0 saturated carbocycles. The maximum absolute atomic E-state index is 11.7. The zero-order chi connectivity index (χ0) is 15.2. The first kappa shape index (κ1) is 15.9. The summed E-state index contributed by atoms with van der Waals surface area (Å²) in [6, 6.07) is 0.